The third kappa shape index (κ3) is 4.49. The second kappa shape index (κ2) is 8.15. The molecule has 19 heavy (non-hydrogen) atoms. The Balaban J connectivity index is 2.39. The zero-order chi connectivity index (χ0) is 14.3. The molecular weight excluding hydrogens is 244 g/mol. The van der Waals surface area contributed by atoms with Gasteiger partial charge in [-0.3, -0.25) is 9.59 Å². The first-order valence-corrected chi connectivity index (χ1v) is 7.30. The number of amides is 2. The van der Waals surface area contributed by atoms with Crippen LogP contribution < -0.4 is 5.32 Å². The number of nitrogens with one attached hydrogen (secondary N) is 1. The van der Waals surface area contributed by atoms with Crippen LogP contribution in [0.1, 0.15) is 46.5 Å². The van der Waals surface area contributed by atoms with Crippen molar-refractivity contribution in [3.05, 3.63) is 0 Å². The summed E-state index contributed by atoms with van der Waals surface area (Å²) in [4.78, 5) is 25.6. The predicted molar refractivity (Wildman–Crippen MR) is 73.7 cm³/mol. The van der Waals surface area contributed by atoms with E-state index in [1.165, 1.54) is 0 Å². The Morgan fingerprint density at radius 2 is 1.89 bits per heavy atom. The van der Waals surface area contributed by atoms with Crippen LogP contribution in [-0.4, -0.2) is 48.6 Å². The van der Waals surface area contributed by atoms with Crippen molar-refractivity contribution >= 4 is 11.8 Å². The Morgan fingerprint density at radius 1 is 1.21 bits per heavy atom. The van der Waals surface area contributed by atoms with Crippen LogP contribution in [0.2, 0.25) is 0 Å². The molecule has 0 aromatic rings. The summed E-state index contributed by atoms with van der Waals surface area (Å²) >= 11 is 0. The van der Waals surface area contributed by atoms with Gasteiger partial charge in [-0.05, 0) is 26.2 Å². The van der Waals surface area contributed by atoms with Crippen molar-refractivity contribution in [1.82, 2.24) is 10.2 Å². The minimum atomic E-state index is -0.406. The maximum absolute atomic E-state index is 12.1. The number of hydrogen-bond donors (Lipinski definition) is 1. The minimum absolute atomic E-state index is 0.0139. The lowest BCUT2D eigenvalue weighted by Crippen LogP contribution is -2.62. The van der Waals surface area contributed by atoms with Gasteiger partial charge in [0.1, 0.15) is 12.1 Å². The molecule has 0 aromatic carbocycles. The normalized spacial score (nSPS) is 23.6. The highest BCUT2D eigenvalue weighted by Gasteiger charge is 2.36. The third-order valence-corrected chi connectivity index (χ3v) is 3.41. The van der Waals surface area contributed by atoms with Gasteiger partial charge in [0.2, 0.25) is 11.8 Å². The Morgan fingerprint density at radius 3 is 2.53 bits per heavy atom. The Labute approximate surface area is 115 Å². The van der Waals surface area contributed by atoms with Gasteiger partial charge < -0.3 is 15.0 Å². The van der Waals surface area contributed by atoms with E-state index in [0.29, 0.717) is 19.6 Å². The molecule has 110 valence electrons. The molecule has 1 saturated heterocycles. The molecule has 0 aliphatic carbocycles. The lowest BCUT2D eigenvalue weighted by atomic mass is 10.1. The number of rotatable bonds is 8. The van der Waals surface area contributed by atoms with Gasteiger partial charge >= 0.3 is 0 Å². The monoisotopic (exact) mass is 270 g/mol. The summed E-state index contributed by atoms with van der Waals surface area (Å²) in [6.07, 6.45) is 3.63. The first kappa shape index (κ1) is 16.0. The van der Waals surface area contributed by atoms with Crippen LogP contribution in [0.3, 0.4) is 0 Å². The number of nitrogens with zero attached hydrogens (tertiary/aromatic N) is 1. The van der Waals surface area contributed by atoms with Crippen LogP contribution in [0.5, 0.6) is 0 Å². The molecular formula is C14H26N2O3. The zero-order valence-electron chi connectivity index (χ0n) is 12.3. The molecule has 1 aliphatic rings. The van der Waals surface area contributed by atoms with E-state index in [1.807, 2.05) is 6.92 Å². The van der Waals surface area contributed by atoms with Crippen LogP contribution in [0.25, 0.3) is 0 Å². The topological polar surface area (TPSA) is 58.6 Å². The van der Waals surface area contributed by atoms with E-state index >= 15 is 0 Å². The molecule has 2 atom stereocenters. The highest BCUT2D eigenvalue weighted by atomic mass is 16.5. The molecule has 0 spiro atoms. The third-order valence-electron chi connectivity index (χ3n) is 3.41. The van der Waals surface area contributed by atoms with E-state index in [4.69, 9.17) is 4.74 Å². The maximum Gasteiger partial charge on any atom is 0.245 e. The van der Waals surface area contributed by atoms with Gasteiger partial charge in [0.25, 0.3) is 0 Å². The van der Waals surface area contributed by atoms with Crippen molar-refractivity contribution in [2.45, 2.75) is 58.5 Å². The van der Waals surface area contributed by atoms with E-state index in [0.717, 1.165) is 25.9 Å². The van der Waals surface area contributed by atoms with E-state index in [9.17, 15) is 9.59 Å². The molecule has 5 nitrogen and oxygen atoms in total. The number of carbonyl (C=O) groups is 2. The summed E-state index contributed by atoms with van der Waals surface area (Å²) in [5, 5.41) is 2.72. The molecule has 2 unspecified atom stereocenters. The van der Waals surface area contributed by atoms with Gasteiger partial charge in [0.15, 0.2) is 0 Å². The lowest BCUT2D eigenvalue weighted by Gasteiger charge is -2.37. The first-order valence-electron chi connectivity index (χ1n) is 7.30. The van der Waals surface area contributed by atoms with E-state index in [-0.39, 0.29) is 17.9 Å². The standard InChI is InChI=1S/C14H26N2O3/c1-4-6-9-19-10-7-8-16-12(5-2)13(17)15-11(3)14(16)18/h11-12H,4-10H2,1-3H3,(H,15,17). The van der Waals surface area contributed by atoms with Gasteiger partial charge in [-0.15, -0.1) is 0 Å². The van der Waals surface area contributed by atoms with E-state index in [2.05, 4.69) is 12.2 Å². The molecule has 2 amide bonds. The quantitative estimate of drug-likeness (QED) is 0.677. The molecule has 0 bridgehead atoms. The van der Waals surface area contributed by atoms with Gasteiger partial charge in [-0.2, -0.15) is 0 Å². The van der Waals surface area contributed by atoms with Crippen molar-refractivity contribution in [2.75, 3.05) is 19.8 Å². The summed E-state index contributed by atoms with van der Waals surface area (Å²) in [6, 6.07) is -0.726. The van der Waals surface area contributed by atoms with Gasteiger partial charge in [-0.25, -0.2) is 0 Å². The Kier molecular flexibility index (Phi) is 6.84. The van der Waals surface area contributed by atoms with Crippen molar-refractivity contribution in [3.63, 3.8) is 0 Å². The molecule has 1 rings (SSSR count). The summed E-state index contributed by atoms with van der Waals surface area (Å²) in [5.74, 6) is -0.0264. The van der Waals surface area contributed by atoms with Gasteiger partial charge in [-0.1, -0.05) is 20.3 Å². The molecule has 5 heteroatoms. The van der Waals surface area contributed by atoms with Crippen LogP contribution in [-0.2, 0) is 14.3 Å². The second-order valence-electron chi connectivity index (χ2n) is 5.01. The van der Waals surface area contributed by atoms with Crippen molar-refractivity contribution in [3.8, 4) is 0 Å². The number of hydrogen-bond acceptors (Lipinski definition) is 3. The van der Waals surface area contributed by atoms with E-state index < -0.39 is 6.04 Å². The first-order chi connectivity index (χ1) is 9.11. The SMILES string of the molecule is CCCCOCCCN1C(=O)C(C)NC(=O)C1CC. The summed E-state index contributed by atoms with van der Waals surface area (Å²) < 4.78 is 5.48. The number of carbonyl (C=O) groups excluding carboxylic acids is 2. The van der Waals surface area contributed by atoms with Crippen LogP contribution in [0.15, 0.2) is 0 Å². The highest BCUT2D eigenvalue weighted by molar-refractivity contribution is 5.96. The summed E-state index contributed by atoms with van der Waals surface area (Å²) in [5.41, 5.74) is 0. The lowest BCUT2D eigenvalue weighted by molar-refractivity contribution is -0.149. The predicted octanol–water partition coefficient (Wildman–Crippen LogP) is 1.32. The molecule has 1 N–H and O–H groups in total. The molecule has 1 fully saturated rings. The van der Waals surface area contributed by atoms with Crippen molar-refractivity contribution in [1.29, 1.82) is 0 Å². The largest absolute Gasteiger partial charge is 0.381 e. The van der Waals surface area contributed by atoms with Crippen LogP contribution >= 0.6 is 0 Å². The Hall–Kier alpha value is -1.10. The molecule has 0 radical (unpaired) electrons. The summed E-state index contributed by atoms with van der Waals surface area (Å²) in [6.45, 7) is 7.81. The average molecular weight is 270 g/mol. The minimum Gasteiger partial charge on any atom is -0.381 e. The summed E-state index contributed by atoms with van der Waals surface area (Å²) in [7, 11) is 0. The number of unbranched alkanes of at least 4 members (excludes halogenated alkanes) is 1. The fourth-order valence-electron chi connectivity index (χ4n) is 2.27. The average Bonchev–Trinajstić information content (AvgIpc) is 2.39. The van der Waals surface area contributed by atoms with Crippen molar-refractivity contribution in [2.24, 2.45) is 0 Å². The van der Waals surface area contributed by atoms with Gasteiger partial charge in [0, 0.05) is 19.8 Å². The van der Waals surface area contributed by atoms with Crippen LogP contribution in [0, 0.1) is 0 Å². The van der Waals surface area contributed by atoms with Crippen molar-refractivity contribution < 1.29 is 14.3 Å². The fourth-order valence-corrected chi connectivity index (χ4v) is 2.27. The molecule has 1 aliphatic heterocycles. The molecule has 0 aromatic heterocycles. The maximum atomic E-state index is 12.1. The highest BCUT2D eigenvalue weighted by Crippen LogP contribution is 2.13. The van der Waals surface area contributed by atoms with Gasteiger partial charge in [0.05, 0.1) is 0 Å². The smallest absolute Gasteiger partial charge is 0.245 e. The molecule has 0 saturated carbocycles. The zero-order valence-corrected chi connectivity index (χ0v) is 12.3. The molecule has 1 heterocycles. The number of ether oxygens (including phenoxy) is 1. The second-order valence-corrected chi connectivity index (χ2v) is 5.01. The van der Waals surface area contributed by atoms with Crippen LogP contribution in [0.4, 0.5) is 0 Å². The Bertz CT molecular complexity index is 307. The fraction of sp³-hybridized carbons (Fsp3) is 0.857. The number of piperazine rings is 1. The van der Waals surface area contributed by atoms with E-state index in [1.54, 1.807) is 11.8 Å².